The van der Waals surface area contributed by atoms with Gasteiger partial charge in [-0.15, -0.1) is 5.10 Å². The van der Waals surface area contributed by atoms with Crippen LogP contribution in [-0.4, -0.2) is 47.3 Å². The predicted octanol–water partition coefficient (Wildman–Crippen LogP) is 2.60. The summed E-state index contributed by atoms with van der Waals surface area (Å²) >= 11 is 0. The summed E-state index contributed by atoms with van der Waals surface area (Å²) < 4.78 is 0. The molecule has 118 valence electrons. The first-order chi connectivity index (χ1) is 10.5. The van der Waals surface area contributed by atoms with Gasteiger partial charge in [0.15, 0.2) is 5.82 Å². The van der Waals surface area contributed by atoms with Crippen LogP contribution in [0.5, 0.6) is 0 Å². The molecule has 0 spiro atoms. The van der Waals surface area contributed by atoms with Crippen molar-refractivity contribution in [1.82, 2.24) is 20.1 Å². The van der Waals surface area contributed by atoms with E-state index >= 15 is 0 Å². The summed E-state index contributed by atoms with van der Waals surface area (Å²) in [6.45, 7) is 6.01. The molecule has 2 N–H and O–H groups in total. The Labute approximate surface area is 132 Å². The first-order valence-electron chi connectivity index (χ1n) is 7.46. The quantitative estimate of drug-likeness (QED) is 0.766. The minimum atomic E-state index is 0.549. The molecule has 0 aliphatic rings. The highest BCUT2D eigenvalue weighted by Crippen LogP contribution is 2.18. The van der Waals surface area contributed by atoms with Crippen molar-refractivity contribution in [3.05, 3.63) is 35.5 Å². The zero-order chi connectivity index (χ0) is 15.9. The Morgan fingerprint density at radius 3 is 2.50 bits per heavy atom. The molecule has 0 unspecified atom stereocenters. The van der Waals surface area contributed by atoms with Crippen LogP contribution in [0.2, 0.25) is 0 Å². The van der Waals surface area contributed by atoms with Crippen LogP contribution in [-0.2, 0) is 0 Å². The maximum Gasteiger partial charge on any atom is 0.244 e. The Balaban J connectivity index is 1.96. The fourth-order valence-electron chi connectivity index (χ4n) is 2.23. The first kappa shape index (κ1) is 16.2. The molecular formula is C16H24N6. The third kappa shape index (κ3) is 5.29. The number of aryl methyl sites for hydroxylation is 2. The second kappa shape index (κ2) is 7.70. The summed E-state index contributed by atoms with van der Waals surface area (Å²) in [5.74, 6) is 1.24. The third-order valence-corrected chi connectivity index (χ3v) is 3.12. The maximum atomic E-state index is 4.43. The van der Waals surface area contributed by atoms with Gasteiger partial charge in [-0.05, 0) is 64.2 Å². The largest absolute Gasteiger partial charge is 0.353 e. The van der Waals surface area contributed by atoms with Crippen LogP contribution < -0.4 is 10.6 Å². The minimum absolute atomic E-state index is 0.549. The highest BCUT2D eigenvalue weighted by molar-refractivity contribution is 5.58. The van der Waals surface area contributed by atoms with E-state index in [-0.39, 0.29) is 0 Å². The fourth-order valence-corrected chi connectivity index (χ4v) is 2.23. The van der Waals surface area contributed by atoms with Crippen molar-refractivity contribution in [3.8, 4) is 0 Å². The van der Waals surface area contributed by atoms with Gasteiger partial charge in [-0.2, -0.15) is 10.1 Å². The molecule has 0 fully saturated rings. The summed E-state index contributed by atoms with van der Waals surface area (Å²) in [5, 5.41) is 14.5. The van der Waals surface area contributed by atoms with Gasteiger partial charge in [-0.25, -0.2) is 0 Å². The highest BCUT2D eigenvalue weighted by Gasteiger charge is 2.02. The van der Waals surface area contributed by atoms with Crippen LogP contribution in [0.15, 0.2) is 24.4 Å². The molecule has 22 heavy (non-hydrogen) atoms. The van der Waals surface area contributed by atoms with Crippen LogP contribution in [0.4, 0.5) is 17.5 Å². The number of benzene rings is 1. The molecule has 1 aromatic carbocycles. The summed E-state index contributed by atoms with van der Waals surface area (Å²) in [6, 6.07) is 6.31. The van der Waals surface area contributed by atoms with Crippen molar-refractivity contribution in [2.24, 2.45) is 0 Å². The third-order valence-electron chi connectivity index (χ3n) is 3.12. The molecule has 2 aromatic rings. The Kier molecular flexibility index (Phi) is 5.66. The Morgan fingerprint density at radius 1 is 1.09 bits per heavy atom. The lowest BCUT2D eigenvalue weighted by molar-refractivity contribution is 0.405. The molecule has 0 saturated carbocycles. The molecule has 0 radical (unpaired) electrons. The Morgan fingerprint density at radius 2 is 1.82 bits per heavy atom. The van der Waals surface area contributed by atoms with Gasteiger partial charge in [-0.1, -0.05) is 6.07 Å². The first-order valence-corrected chi connectivity index (χ1v) is 7.46. The standard InChI is InChI=1S/C16H24N6/c1-12-8-13(2)10-14(9-12)19-15-11-18-21-16(20-15)17-6-5-7-22(3)4/h8-11H,5-7H2,1-4H3,(H2,17,19,20,21). The second-order valence-corrected chi connectivity index (χ2v) is 5.75. The van der Waals surface area contributed by atoms with E-state index in [0.29, 0.717) is 11.8 Å². The summed E-state index contributed by atoms with van der Waals surface area (Å²) in [7, 11) is 4.12. The normalized spacial score (nSPS) is 10.8. The molecule has 2 rings (SSSR count). The SMILES string of the molecule is Cc1cc(C)cc(Nc2cnnc(NCCCN(C)C)n2)c1. The molecule has 0 saturated heterocycles. The Hall–Kier alpha value is -2.21. The number of aromatic nitrogens is 3. The summed E-state index contributed by atoms with van der Waals surface area (Å²) in [6.07, 6.45) is 2.66. The maximum absolute atomic E-state index is 4.43. The van der Waals surface area contributed by atoms with Gasteiger partial charge in [0.2, 0.25) is 5.95 Å². The van der Waals surface area contributed by atoms with Crippen molar-refractivity contribution in [2.45, 2.75) is 20.3 Å². The highest BCUT2D eigenvalue weighted by atomic mass is 15.3. The van der Waals surface area contributed by atoms with E-state index in [4.69, 9.17) is 0 Å². The molecule has 0 aliphatic heterocycles. The minimum Gasteiger partial charge on any atom is -0.353 e. The van der Waals surface area contributed by atoms with Gasteiger partial charge in [-0.3, -0.25) is 0 Å². The lowest BCUT2D eigenvalue weighted by Crippen LogP contribution is -2.17. The zero-order valence-corrected chi connectivity index (χ0v) is 13.7. The average molecular weight is 300 g/mol. The van der Waals surface area contributed by atoms with Crippen LogP contribution in [0, 0.1) is 13.8 Å². The van der Waals surface area contributed by atoms with Crippen molar-refractivity contribution in [3.63, 3.8) is 0 Å². The predicted molar refractivity (Wildman–Crippen MR) is 90.7 cm³/mol. The van der Waals surface area contributed by atoms with Gasteiger partial charge in [0.05, 0.1) is 6.20 Å². The number of anilines is 3. The van der Waals surface area contributed by atoms with Crippen LogP contribution in [0.25, 0.3) is 0 Å². The molecular weight excluding hydrogens is 276 g/mol. The Bertz CT molecular complexity index is 591. The second-order valence-electron chi connectivity index (χ2n) is 5.75. The van der Waals surface area contributed by atoms with E-state index < -0.39 is 0 Å². The molecule has 6 nitrogen and oxygen atoms in total. The van der Waals surface area contributed by atoms with Gasteiger partial charge in [0, 0.05) is 12.2 Å². The van der Waals surface area contributed by atoms with E-state index in [1.165, 1.54) is 11.1 Å². The number of nitrogens with one attached hydrogen (secondary N) is 2. The van der Waals surface area contributed by atoms with E-state index in [9.17, 15) is 0 Å². The molecule has 1 aromatic heterocycles. The lowest BCUT2D eigenvalue weighted by atomic mass is 10.1. The monoisotopic (exact) mass is 300 g/mol. The van der Waals surface area contributed by atoms with E-state index in [0.717, 1.165) is 25.2 Å². The van der Waals surface area contributed by atoms with Crippen molar-refractivity contribution < 1.29 is 0 Å². The molecule has 0 aliphatic carbocycles. The lowest BCUT2D eigenvalue weighted by Gasteiger charge is -2.11. The van der Waals surface area contributed by atoms with Gasteiger partial charge < -0.3 is 15.5 Å². The van der Waals surface area contributed by atoms with Crippen molar-refractivity contribution >= 4 is 17.5 Å². The van der Waals surface area contributed by atoms with Crippen molar-refractivity contribution in [1.29, 1.82) is 0 Å². The van der Waals surface area contributed by atoms with Crippen LogP contribution in [0.3, 0.4) is 0 Å². The van der Waals surface area contributed by atoms with Gasteiger partial charge in [0.1, 0.15) is 0 Å². The average Bonchev–Trinajstić information content (AvgIpc) is 2.43. The fraction of sp³-hybridized carbons (Fsp3) is 0.438. The molecule has 0 bridgehead atoms. The number of rotatable bonds is 7. The van der Waals surface area contributed by atoms with Gasteiger partial charge in [0.25, 0.3) is 0 Å². The van der Waals surface area contributed by atoms with Gasteiger partial charge >= 0.3 is 0 Å². The van der Waals surface area contributed by atoms with Crippen LogP contribution >= 0.6 is 0 Å². The number of hydrogen-bond donors (Lipinski definition) is 2. The van der Waals surface area contributed by atoms with E-state index in [2.05, 4.69) is 76.9 Å². The molecule has 0 amide bonds. The molecule has 0 atom stereocenters. The molecule has 6 heteroatoms. The molecule has 1 heterocycles. The zero-order valence-electron chi connectivity index (χ0n) is 13.7. The summed E-state index contributed by atoms with van der Waals surface area (Å²) in [5.41, 5.74) is 3.44. The van der Waals surface area contributed by atoms with E-state index in [1.54, 1.807) is 6.20 Å². The summed E-state index contributed by atoms with van der Waals surface area (Å²) in [4.78, 5) is 6.59. The number of hydrogen-bond acceptors (Lipinski definition) is 6. The smallest absolute Gasteiger partial charge is 0.244 e. The van der Waals surface area contributed by atoms with E-state index in [1.807, 2.05) is 0 Å². The van der Waals surface area contributed by atoms with Crippen LogP contribution in [0.1, 0.15) is 17.5 Å². The number of nitrogens with zero attached hydrogens (tertiary/aromatic N) is 4. The topological polar surface area (TPSA) is 66.0 Å². The van der Waals surface area contributed by atoms with Crippen molar-refractivity contribution in [2.75, 3.05) is 37.8 Å².